The molecule has 0 bridgehead atoms. The zero-order valence-corrected chi connectivity index (χ0v) is 17.1. The predicted octanol–water partition coefficient (Wildman–Crippen LogP) is 1.96. The Morgan fingerprint density at radius 2 is 1.09 bits per heavy atom. The van der Waals surface area contributed by atoms with Crippen LogP contribution in [0.15, 0.2) is 9.98 Å². The number of hydrogen-bond donors (Lipinski definition) is 2. The number of rotatable bonds is 0. The molecule has 0 aromatic heterocycles. The molecule has 0 aromatic carbocycles. The minimum atomic E-state index is 0. The van der Waals surface area contributed by atoms with Crippen LogP contribution in [0.4, 0.5) is 0 Å². The summed E-state index contributed by atoms with van der Waals surface area (Å²) in [7, 11) is 0. The van der Waals surface area contributed by atoms with Gasteiger partial charge in [-0.25, -0.2) is 0 Å². The van der Waals surface area contributed by atoms with Gasteiger partial charge >= 0.3 is 16.8 Å². The molecule has 0 fully saturated rings. The first-order chi connectivity index (χ1) is 9.20. The second-order valence-corrected chi connectivity index (χ2v) is 7.21. The second kappa shape index (κ2) is 12.1. The Bertz CT molecular complexity index is 343. The van der Waals surface area contributed by atoms with E-state index < -0.39 is 0 Å². The van der Waals surface area contributed by atoms with Crippen LogP contribution in [0.5, 0.6) is 0 Å². The van der Waals surface area contributed by atoms with Crippen LogP contribution >= 0.6 is 0 Å². The van der Waals surface area contributed by atoms with Crippen molar-refractivity contribution in [3.63, 3.8) is 0 Å². The predicted molar refractivity (Wildman–Crippen MR) is 101 cm³/mol. The molecule has 6 heteroatoms. The monoisotopic (exact) mass is 373 g/mol. The molecule has 0 aromatic rings. The smallest absolute Gasteiger partial charge is 0.457 e. The Morgan fingerprint density at radius 3 is 1.39 bits per heavy atom. The van der Waals surface area contributed by atoms with Gasteiger partial charge in [-0.1, -0.05) is 0 Å². The molecule has 0 aliphatic carbocycles. The van der Waals surface area contributed by atoms with Crippen LogP contribution in [-0.4, -0.2) is 48.7 Å². The SMILES string of the molecule is CC1=NCCNC(C)(C)CC(C)=NCCNC(C)(C)C1.[CH3-].[Co+2].[OH3+]. The summed E-state index contributed by atoms with van der Waals surface area (Å²) in [5, 5.41) is 7.16. The van der Waals surface area contributed by atoms with E-state index in [1.807, 2.05) is 0 Å². The summed E-state index contributed by atoms with van der Waals surface area (Å²) in [5.41, 5.74) is 2.62. The molecular weight excluding hydrogens is 335 g/mol. The first-order valence-electron chi connectivity index (χ1n) is 7.70. The van der Waals surface area contributed by atoms with Crippen molar-refractivity contribution >= 4 is 11.4 Å². The second-order valence-electron chi connectivity index (χ2n) is 7.21. The standard InChI is InChI=1S/C16H32N4.CH3.Co.H2O/c1-13-11-15(3,4)19-10-8-18-14(2)12-16(5,6)20-9-7-17-13;;;/h19-20H,7-12H2,1-6H3;1H3;;1H2/q;-1;+2;/p+1. The molecule has 1 rings (SSSR count). The van der Waals surface area contributed by atoms with E-state index >= 15 is 0 Å². The van der Waals surface area contributed by atoms with Crippen LogP contribution < -0.4 is 10.6 Å². The zero-order valence-electron chi connectivity index (χ0n) is 16.0. The van der Waals surface area contributed by atoms with Crippen molar-refractivity contribution in [3.8, 4) is 0 Å². The summed E-state index contributed by atoms with van der Waals surface area (Å²) in [4.78, 5) is 9.35. The quantitative estimate of drug-likeness (QED) is 0.503. The van der Waals surface area contributed by atoms with E-state index in [2.05, 4.69) is 62.2 Å². The van der Waals surface area contributed by atoms with Crippen molar-refractivity contribution in [1.82, 2.24) is 10.6 Å². The normalized spacial score (nSPS) is 22.0. The van der Waals surface area contributed by atoms with Crippen molar-refractivity contribution in [2.75, 3.05) is 26.2 Å². The third-order valence-electron chi connectivity index (χ3n) is 3.59. The molecule has 0 saturated carbocycles. The van der Waals surface area contributed by atoms with Crippen LogP contribution in [0.25, 0.3) is 0 Å². The number of aliphatic imine (C=N–C) groups is 2. The fourth-order valence-electron chi connectivity index (χ4n) is 2.80. The molecule has 0 spiro atoms. The fraction of sp³-hybridized carbons (Fsp3) is 0.824. The van der Waals surface area contributed by atoms with Gasteiger partial charge in [-0.05, 0) is 41.5 Å². The average molecular weight is 373 g/mol. The van der Waals surface area contributed by atoms with Gasteiger partial charge in [-0.2, -0.15) is 0 Å². The molecule has 139 valence electrons. The molecule has 5 nitrogen and oxygen atoms in total. The minimum Gasteiger partial charge on any atom is -0.457 e. The Balaban J connectivity index is -0.00000133. The Hall–Kier alpha value is -0.274. The van der Waals surface area contributed by atoms with E-state index in [4.69, 9.17) is 0 Å². The molecule has 1 heterocycles. The fourth-order valence-corrected chi connectivity index (χ4v) is 2.80. The van der Waals surface area contributed by atoms with Gasteiger partial charge in [0.1, 0.15) is 0 Å². The first-order valence-corrected chi connectivity index (χ1v) is 7.70. The van der Waals surface area contributed by atoms with Crippen LogP contribution in [0.3, 0.4) is 0 Å². The van der Waals surface area contributed by atoms with E-state index in [0.717, 1.165) is 39.0 Å². The topological polar surface area (TPSA) is 81.8 Å². The molecule has 23 heavy (non-hydrogen) atoms. The van der Waals surface area contributed by atoms with E-state index in [1.54, 1.807) is 0 Å². The maximum Gasteiger partial charge on any atom is 2.00 e. The van der Waals surface area contributed by atoms with Crippen molar-refractivity contribution in [3.05, 3.63) is 7.43 Å². The van der Waals surface area contributed by atoms with E-state index in [9.17, 15) is 0 Å². The average Bonchev–Trinajstić information content (AvgIpc) is 2.28. The van der Waals surface area contributed by atoms with Crippen molar-refractivity contribution in [2.45, 2.75) is 65.5 Å². The Kier molecular flexibility index (Phi) is 14.6. The number of hydrogen-bond acceptors (Lipinski definition) is 4. The molecular formula is C17H38CoN4O+2. The van der Waals surface area contributed by atoms with Crippen LogP contribution in [0.1, 0.15) is 54.4 Å². The Morgan fingerprint density at radius 1 is 0.783 bits per heavy atom. The molecule has 0 atom stereocenters. The third-order valence-corrected chi connectivity index (χ3v) is 3.59. The molecule has 0 saturated heterocycles. The molecule has 1 aliphatic rings. The Labute approximate surface area is 153 Å². The van der Waals surface area contributed by atoms with Crippen molar-refractivity contribution < 1.29 is 22.3 Å². The molecule has 5 N–H and O–H groups in total. The summed E-state index contributed by atoms with van der Waals surface area (Å²) < 4.78 is 0. The van der Waals surface area contributed by atoms with Crippen LogP contribution in [0, 0.1) is 7.43 Å². The molecule has 0 unspecified atom stereocenters. The van der Waals surface area contributed by atoms with E-state index in [-0.39, 0.29) is 40.8 Å². The summed E-state index contributed by atoms with van der Waals surface area (Å²) in [5.74, 6) is 0. The van der Waals surface area contributed by atoms with Gasteiger partial charge in [0.15, 0.2) is 0 Å². The molecule has 0 amide bonds. The zero-order chi connectivity index (χ0) is 15.2. The van der Waals surface area contributed by atoms with Crippen molar-refractivity contribution in [1.29, 1.82) is 0 Å². The third kappa shape index (κ3) is 12.8. The first kappa shape index (κ1) is 27.6. The largest absolute Gasteiger partial charge is 2.00 e. The molecule has 1 aliphatic heterocycles. The number of nitrogens with one attached hydrogen (secondary N) is 2. The van der Waals surface area contributed by atoms with Gasteiger partial charge in [0.2, 0.25) is 0 Å². The maximum atomic E-state index is 4.68. The van der Waals surface area contributed by atoms with Gasteiger partial charge < -0.3 is 23.5 Å². The summed E-state index contributed by atoms with van der Waals surface area (Å²) >= 11 is 0. The van der Waals surface area contributed by atoms with Crippen molar-refractivity contribution in [2.24, 2.45) is 9.98 Å². The van der Waals surface area contributed by atoms with Gasteiger partial charge in [-0.3, -0.25) is 9.98 Å². The summed E-state index contributed by atoms with van der Waals surface area (Å²) in [6.07, 6.45) is 1.97. The van der Waals surface area contributed by atoms with E-state index in [1.165, 1.54) is 11.4 Å². The minimum absolute atomic E-state index is 0. The number of nitrogens with zero attached hydrogens (tertiary/aromatic N) is 2. The maximum absolute atomic E-state index is 4.68. The van der Waals surface area contributed by atoms with Gasteiger partial charge in [0, 0.05) is 48.4 Å². The van der Waals surface area contributed by atoms with Gasteiger partial charge in [0.05, 0.1) is 13.1 Å². The summed E-state index contributed by atoms with van der Waals surface area (Å²) in [6.45, 7) is 16.7. The van der Waals surface area contributed by atoms with Gasteiger partial charge in [-0.15, -0.1) is 0 Å². The van der Waals surface area contributed by atoms with Gasteiger partial charge in [0.25, 0.3) is 0 Å². The van der Waals surface area contributed by atoms with Crippen LogP contribution in [-0.2, 0) is 22.3 Å². The van der Waals surface area contributed by atoms with Crippen LogP contribution in [0.2, 0.25) is 0 Å². The van der Waals surface area contributed by atoms with E-state index in [0.29, 0.717) is 0 Å². The molecule has 1 radical (unpaired) electrons. The summed E-state index contributed by atoms with van der Waals surface area (Å²) in [6, 6.07) is 0.